The average Bonchev–Trinajstić information content (AvgIpc) is 3.01. The third-order valence-electron chi connectivity index (χ3n) is 3.62. The van der Waals surface area contributed by atoms with Crippen molar-refractivity contribution in [2.75, 3.05) is 16.4 Å². The van der Waals surface area contributed by atoms with E-state index in [9.17, 15) is 0 Å². The molecule has 0 aliphatic carbocycles. The van der Waals surface area contributed by atoms with Gasteiger partial charge in [-0.3, -0.25) is 5.10 Å². The summed E-state index contributed by atoms with van der Waals surface area (Å²) in [4.78, 5) is 8.53. The number of nitrogens with one attached hydrogen (secondary N) is 3. The summed E-state index contributed by atoms with van der Waals surface area (Å²) in [6.45, 7) is 0. The van der Waals surface area contributed by atoms with Crippen LogP contribution in [0.5, 0.6) is 0 Å². The maximum atomic E-state index is 6.05. The molecule has 2 aromatic carbocycles. The van der Waals surface area contributed by atoms with Crippen molar-refractivity contribution in [2.24, 2.45) is 0 Å². The Bertz CT molecular complexity index is 1030. The maximum absolute atomic E-state index is 6.05. The molecule has 5 N–H and O–H groups in total. The Morgan fingerprint density at radius 3 is 2.54 bits per heavy atom. The van der Waals surface area contributed by atoms with Crippen LogP contribution in [0.2, 0.25) is 5.02 Å². The first kappa shape index (κ1) is 17.8. The van der Waals surface area contributed by atoms with E-state index >= 15 is 0 Å². The molecule has 0 aliphatic rings. The van der Waals surface area contributed by atoms with Gasteiger partial charge in [0.25, 0.3) is 0 Å². The Morgan fingerprint density at radius 2 is 1.77 bits per heavy atom. The van der Waals surface area contributed by atoms with E-state index in [1.807, 2.05) is 48.5 Å². The molecule has 132 valence electrons. The molecule has 26 heavy (non-hydrogen) atoms. The van der Waals surface area contributed by atoms with Crippen LogP contribution in [0.3, 0.4) is 0 Å². The lowest BCUT2D eigenvalue weighted by atomic mass is 10.2. The summed E-state index contributed by atoms with van der Waals surface area (Å²) in [6.07, 6.45) is 1.46. The molecule has 0 fully saturated rings. The lowest BCUT2D eigenvalue weighted by molar-refractivity contribution is 1.09. The van der Waals surface area contributed by atoms with E-state index in [0.29, 0.717) is 28.0 Å². The van der Waals surface area contributed by atoms with Crippen molar-refractivity contribution in [1.29, 1.82) is 0 Å². The summed E-state index contributed by atoms with van der Waals surface area (Å²) in [5.41, 5.74) is 8.68. The van der Waals surface area contributed by atoms with Crippen molar-refractivity contribution >= 4 is 63.7 Å². The minimum absolute atomic E-state index is 0. The van der Waals surface area contributed by atoms with Gasteiger partial charge in [-0.1, -0.05) is 17.7 Å². The van der Waals surface area contributed by atoms with Crippen LogP contribution >= 0.6 is 24.0 Å². The fraction of sp³-hybridized carbons (Fsp3) is 0. The maximum Gasteiger partial charge on any atom is 0.188 e. The van der Waals surface area contributed by atoms with Crippen LogP contribution in [0.25, 0.3) is 11.0 Å². The van der Waals surface area contributed by atoms with Crippen LogP contribution in [0, 0.1) is 0 Å². The van der Waals surface area contributed by atoms with Gasteiger partial charge in [0.1, 0.15) is 23.3 Å². The highest BCUT2D eigenvalue weighted by molar-refractivity contribution is 6.30. The monoisotopic (exact) mass is 387 g/mol. The van der Waals surface area contributed by atoms with Gasteiger partial charge in [0, 0.05) is 22.1 Å². The third-order valence-corrected chi connectivity index (χ3v) is 3.85. The molecule has 4 rings (SSSR count). The van der Waals surface area contributed by atoms with Crippen LogP contribution in [0.15, 0.2) is 54.9 Å². The first-order valence-electron chi connectivity index (χ1n) is 7.53. The standard InChI is InChI=1S/C17H14ClN7.ClH/c18-10-2-1-3-13(8-10)23-15-14-16(21-9-20-15)24-25-17(14)22-12-6-4-11(19)5-7-12;/h1-9H,19H2,(H3,20,21,22,23,24,25);1H. The number of rotatable bonds is 4. The lowest BCUT2D eigenvalue weighted by Crippen LogP contribution is -1.97. The van der Waals surface area contributed by atoms with E-state index in [4.69, 9.17) is 17.3 Å². The van der Waals surface area contributed by atoms with E-state index in [0.717, 1.165) is 16.8 Å². The first-order chi connectivity index (χ1) is 12.2. The number of aromatic amines is 1. The van der Waals surface area contributed by atoms with Crippen molar-refractivity contribution in [3.05, 3.63) is 59.9 Å². The predicted molar refractivity (Wildman–Crippen MR) is 108 cm³/mol. The molecule has 0 radical (unpaired) electrons. The van der Waals surface area contributed by atoms with Crippen molar-refractivity contribution in [3.63, 3.8) is 0 Å². The van der Waals surface area contributed by atoms with Gasteiger partial charge in [0.05, 0.1) is 0 Å². The second-order valence-corrected chi connectivity index (χ2v) is 5.84. The second-order valence-electron chi connectivity index (χ2n) is 5.40. The quantitative estimate of drug-likeness (QED) is 0.384. The van der Waals surface area contributed by atoms with Gasteiger partial charge < -0.3 is 16.4 Å². The van der Waals surface area contributed by atoms with Gasteiger partial charge in [-0.25, -0.2) is 9.97 Å². The number of nitrogens with two attached hydrogens (primary N) is 1. The van der Waals surface area contributed by atoms with E-state index < -0.39 is 0 Å². The molecule has 2 aromatic heterocycles. The number of nitrogen functional groups attached to an aromatic ring is 1. The zero-order valence-electron chi connectivity index (χ0n) is 13.4. The van der Waals surface area contributed by atoms with Gasteiger partial charge >= 0.3 is 0 Å². The molecule has 0 atom stereocenters. The van der Waals surface area contributed by atoms with Crippen LogP contribution in [-0.4, -0.2) is 20.2 Å². The molecule has 0 amide bonds. The Hall–Kier alpha value is -3.03. The number of hydrogen-bond donors (Lipinski definition) is 4. The number of hydrogen-bond acceptors (Lipinski definition) is 6. The zero-order chi connectivity index (χ0) is 17.2. The number of benzene rings is 2. The van der Waals surface area contributed by atoms with Gasteiger partial charge in [-0.2, -0.15) is 5.10 Å². The molecule has 0 bridgehead atoms. The second kappa shape index (κ2) is 7.47. The SMILES string of the molecule is Cl.Nc1ccc(Nc2[nH]nc3ncnc(Nc4cccc(Cl)c4)c23)cc1. The Kier molecular flexibility index (Phi) is 5.11. The summed E-state index contributed by atoms with van der Waals surface area (Å²) in [5.74, 6) is 1.31. The number of anilines is 5. The van der Waals surface area contributed by atoms with Gasteiger partial charge in [0.2, 0.25) is 0 Å². The molecule has 7 nitrogen and oxygen atoms in total. The number of aromatic nitrogens is 4. The summed E-state index contributed by atoms with van der Waals surface area (Å²) < 4.78 is 0. The van der Waals surface area contributed by atoms with Crippen LogP contribution in [-0.2, 0) is 0 Å². The summed E-state index contributed by atoms with van der Waals surface area (Å²) in [5, 5.41) is 15.1. The smallest absolute Gasteiger partial charge is 0.188 e. The van der Waals surface area contributed by atoms with Crippen LogP contribution in [0.1, 0.15) is 0 Å². The topological polar surface area (TPSA) is 105 Å². The fourth-order valence-electron chi connectivity index (χ4n) is 2.45. The molecule has 2 heterocycles. The molecule has 0 saturated heterocycles. The largest absolute Gasteiger partial charge is 0.399 e. The fourth-order valence-corrected chi connectivity index (χ4v) is 2.65. The number of fused-ring (bicyclic) bond motifs is 1. The van der Waals surface area contributed by atoms with E-state index in [1.165, 1.54) is 6.33 Å². The van der Waals surface area contributed by atoms with Gasteiger partial charge in [-0.05, 0) is 42.5 Å². The van der Waals surface area contributed by atoms with Crippen molar-refractivity contribution in [3.8, 4) is 0 Å². The Balaban J connectivity index is 0.00000196. The van der Waals surface area contributed by atoms with Crippen molar-refractivity contribution in [2.45, 2.75) is 0 Å². The summed E-state index contributed by atoms with van der Waals surface area (Å²) >= 11 is 6.05. The normalized spacial score (nSPS) is 10.3. The van der Waals surface area contributed by atoms with Crippen molar-refractivity contribution in [1.82, 2.24) is 20.2 Å². The molecular weight excluding hydrogens is 373 g/mol. The molecular formula is C17H15Cl2N7. The minimum atomic E-state index is 0. The Morgan fingerprint density at radius 1 is 0.962 bits per heavy atom. The molecule has 4 aromatic rings. The third kappa shape index (κ3) is 3.63. The molecule has 9 heteroatoms. The van der Waals surface area contributed by atoms with Gasteiger partial charge in [0.15, 0.2) is 5.65 Å². The highest BCUT2D eigenvalue weighted by Gasteiger charge is 2.13. The van der Waals surface area contributed by atoms with E-state index in [2.05, 4.69) is 30.8 Å². The number of nitrogens with zero attached hydrogens (tertiary/aromatic N) is 3. The predicted octanol–water partition coefficient (Wildman–Crippen LogP) is 4.50. The van der Waals surface area contributed by atoms with E-state index in [-0.39, 0.29) is 12.4 Å². The summed E-state index contributed by atoms with van der Waals surface area (Å²) in [7, 11) is 0. The molecule has 0 aliphatic heterocycles. The lowest BCUT2D eigenvalue weighted by Gasteiger charge is -2.09. The average molecular weight is 388 g/mol. The van der Waals surface area contributed by atoms with Crippen molar-refractivity contribution < 1.29 is 0 Å². The molecule has 0 unspecified atom stereocenters. The summed E-state index contributed by atoms with van der Waals surface area (Å²) in [6, 6.07) is 14.8. The van der Waals surface area contributed by atoms with Gasteiger partial charge in [-0.15, -0.1) is 12.4 Å². The number of H-pyrrole nitrogens is 1. The number of halogens is 2. The molecule has 0 saturated carbocycles. The zero-order valence-corrected chi connectivity index (χ0v) is 15.0. The highest BCUT2D eigenvalue weighted by Crippen LogP contribution is 2.30. The van der Waals surface area contributed by atoms with Crippen LogP contribution in [0.4, 0.5) is 28.7 Å². The van der Waals surface area contributed by atoms with E-state index in [1.54, 1.807) is 0 Å². The van der Waals surface area contributed by atoms with Crippen LogP contribution < -0.4 is 16.4 Å². The molecule has 0 spiro atoms. The highest BCUT2D eigenvalue weighted by atomic mass is 35.5. The Labute approximate surface area is 160 Å². The first-order valence-corrected chi connectivity index (χ1v) is 7.91. The minimum Gasteiger partial charge on any atom is -0.399 e.